The number of ether oxygens (including phenoxy) is 2. The number of aromatic nitrogens is 1. The maximum atomic E-state index is 13.3. The van der Waals surface area contributed by atoms with Gasteiger partial charge >= 0.3 is 12.7 Å². The van der Waals surface area contributed by atoms with Crippen molar-refractivity contribution in [1.82, 2.24) is 4.40 Å². The van der Waals surface area contributed by atoms with Crippen molar-refractivity contribution >= 4 is 55.2 Å². The van der Waals surface area contributed by atoms with Gasteiger partial charge in [0, 0.05) is 50.1 Å². The van der Waals surface area contributed by atoms with Crippen LogP contribution in [0.1, 0.15) is 68.8 Å². The smallest absolute Gasteiger partial charge is 0.406 e. The van der Waals surface area contributed by atoms with Gasteiger partial charge in [-0.3, -0.25) is 0 Å². The quantitative estimate of drug-likeness (QED) is 0.114. The molecule has 0 saturated heterocycles. The number of hydrogen-bond donors (Lipinski definition) is 0. The number of aryl methyl sites for hydroxylation is 3. The highest BCUT2D eigenvalue weighted by atomic mass is 19.4. The summed E-state index contributed by atoms with van der Waals surface area (Å²) in [5.74, 6) is -0.596. The highest BCUT2D eigenvalue weighted by Gasteiger charge is 2.52. The van der Waals surface area contributed by atoms with Crippen molar-refractivity contribution in [3.63, 3.8) is 0 Å². The Balaban J connectivity index is 0.893. The summed E-state index contributed by atoms with van der Waals surface area (Å²) in [6.45, 7) is 4.06. The first-order chi connectivity index (χ1) is 41.2. The van der Waals surface area contributed by atoms with Crippen LogP contribution in [0.25, 0.3) is 71.5 Å². The summed E-state index contributed by atoms with van der Waals surface area (Å²) in [6.07, 6.45) is -7.24. The molecule has 10 heteroatoms. The van der Waals surface area contributed by atoms with Crippen molar-refractivity contribution in [1.29, 1.82) is 0 Å². The fraction of sp³-hybridized carbons (Fsp3) is 0.120. The molecule has 11 aromatic carbocycles. The average molecular weight is 1130 g/mol. The number of alkyl halides is 6. The molecule has 13 aromatic rings. The highest BCUT2D eigenvalue weighted by molar-refractivity contribution is 6.29. The fourth-order valence-corrected chi connectivity index (χ4v) is 14.1. The minimum Gasteiger partial charge on any atom is -0.406 e. The van der Waals surface area contributed by atoms with Gasteiger partial charge in [0.2, 0.25) is 0 Å². The van der Waals surface area contributed by atoms with E-state index in [4.69, 9.17) is 0 Å². The van der Waals surface area contributed by atoms with Gasteiger partial charge in [0.25, 0.3) is 0 Å². The van der Waals surface area contributed by atoms with Crippen LogP contribution in [0.3, 0.4) is 0 Å². The topological polar surface area (TPSA) is 26.1 Å². The van der Waals surface area contributed by atoms with Crippen LogP contribution in [0.4, 0.5) is 43.4 Å². The molecule has 4 nitrogen and oxygen atoms in total. The highest BCUT2D eigenvalue weighted by Crippen LogP contribution is 2.64. The third kappa shape index (κ3) is 8.59. The number of nitrogens with zero attached hydrogens (tertiary/aromatic N) is 2. The summed E-state index contributed by atoms with van der Waals surface area (Å²) in [7, 11) is 0. The predicted octanol–water partition coefficient (Wildman–Crippen LogP) is 20.9. The van der Waals surface area contributed by atoms with E-state index < -0.39 is 18.1 Å². The van der Waals surface area contributed by atoms with E-state index in [2.05, 4.69) is 178 Å². The Morgan fingerprint density at radius 2 is 0.929 bits per heavy atom. The molecule has 2 heterocycles. The van der Waals surface area contributed by atoms with Crippen molar-refractivity contribution in [2.24, 2.45) is 0 Å². The van der Waals surface area contributed by atoms with E-state index in [0.717, 1.165) is 102 Å². The van der Waals surface area contributed by atoms with Gasteiger partial charge in [-0.05, 0) is 167 Å². The first-order valence-electron chi connectivity index (χ1n) is 28.5. The van der Waals surface area contributed by atoms with Gasteiger partial charge in [0.15, 0.2) is 0 Å². The minimum atomic E-state index is -4.81. The third-order valence-corrected chi connectivity index (χ3v) is 17.6. The van der Waals surface area contributed by atoms with Crippen molar-refractivity contribution in [2.45, 2.75) is 57.2 Å². The van der Waals surface area contributed by atoms with E-state index in [1.807, 2.05) is 43.0 Å². The van der Waals surface area contributed by atoms with Crippen LogP contribution in [0.2, 0.25) is 0 Å². The molecule has 0 saturated carbocycles. The van der Waals surface area contributed by atoms with Crippen molar-refractivity contribution < 1.29 is 35.8 Å². The minimum absolute atomic E-state index is 0.0560. The second-order valence-electron chi connectivity index (χ2n) is 22.6. The molecule has 85 heavy (non-hydrogen) atoms. The number of rotatable bonds is 12. The molecule has 0 N–H and O–H groups in total. The largest absolute Gasteiger partial charge is 0.573 e. The van der Waals surface area contributed by atoms with Gasteiger partial charge in [-0.2, -0.15) is 0 Å². The summed E-state index contributed by atoms with van der Waals surface area (Å²) < 4.78 is 90.4. The lowest BCUT2D eigenvalue weighted by Gasteiger charge is -2.30. The number of hydrogen-bond acceptors (Lipinski definition) is 3. The van der Waals surface area contributed by atoms with Crippen molar-refractivity contribution in [3.05, 3.63) is 287 Å². The molecule has 0 aliphatic heterocycles. The molecule has 1 atom stereocenters. The van der Waals surface area contributed by atoms with E-state index in [9.17, 15) is 26.3 Å². The summed E-state index contributed by atoms with van der Waals surface area (Å²) in [4.78, 5) is 2.03. The zero-order valence-electron chi connectivity index (χ0n) is 46.2. The zero-order chi connectivity index (χ0) is 57.9. The van der Waals surface area contributed by atoms with Crippen LogP contribution >= 0.6 is 0 Å². The van der Waals surface area contributed by atoms with E-state index >= 15 is 0 Å². The number of benzene rings is 11. The lowest BCUT2D eigenvalue weighted by Crippen LogP contribution is -2.25. The molecule has 416 valence electrons. The molecule has 2 aliphatic rings. The van der Waals surface area contributed by atoms with Crippen LogP contribution in [-0.4, -0.2) is 17.1 Å². The molecular formula is C75H52F6N2O2. The van der Waals surface area contributed by atoms with Gasteiger partial charge < -0.3 is 18.8 Å². The van der Waals surface area contributed by atoms with E-state index in [1.165, 1.54) is 74.3 Å². The molecule has 15 rings (SSSR count). The molecule has 2 aliphatic carbocycles. The lowest BCUT2D eigenvalue weighted by atomic mass is 9.70. The maximum absolute atomic E-state index is 13.3. The van der Waals surface area contributed by atoms with E-state index in [1.54, 1.807) is 24.3 Å². The molecule has 0 bridgehead atoms. The monoisotopic (exact) mass is 1130 g/mol. The molecule has 1 unspecified atom stereocenters. The van der Waals surface area contributed by atoms with E-state index in [0.29, 0.717) is 5.69 Å². The normalized spacial score (nSPS) is 13.6. The Kier molecular flexibility index (Phi) is 12.0. The van der Waals surface area contributed by atoms with Crippen molar-refractivity contribution in [2.75, 3.05) is 4.90 Å². The fourth-order valence-electron chi connectivity index (χ4n) is 14.1. The molecular weight excluding hydrogens is 1070 g/mol. The molecule has 2 aromatic heterocycles. The summed E-state index contributed by atoms with van der Waals surface area (Å²) >= 11 is 0. The Bertz CT molecular complexity index is 4670. The Hall–Kier alpha value is -9.80. The Morgan fingerprint density at radius 1 is 0.447 bits per heavy atom. The lowest BCUT2D eigenvalue weighted by molar-refractivity contribution is -0.275. The van der Waals surface area contributed by atoms with Gasteiger partial charge in [-0.15, -0.1) is 26.3 Å². The van der Waals surface area contributed by atoms with Gasteiger partial charge in [0.05, 0.1) is 22.0 Å². The second kappa shape index (κ2) is 19.7. The number of fused-ring (bicyclic) bond motifs is 17. The Morgan fingerprint density at radius 3 is 1.52 bits per heavy atom. The summed E-state index contributed by atoms with van der Waals surface area (Å²) in [5, 5.41) is 4.55. The Labute approximate surface area is 486 Å². The summed E-state index contributed by atoms with van der Waals surface area (Å²) in [5.41, 5.74) is 22.5. The van der Waals surface area contributed by atoms with Gasteiger partial charge in [-0.1, -0.05) is 181 Å². The van der Waals surface area contributed by atoms with Gasteiger partial charge in [0.1, 0.15) is 11.5 Å². The second-order valence-corrected chi connectivity index (χ2v) is 22.6. The predicted molar refractivity (Wildman–Crippen MR) is 328 cm³/mol. The first-order valence-corrected chi connectivity index (χ1v) is 28.5. The van der Waals surface area contributed by atoms with E-state index in [-0.39, 0.29) is 17.4 Å². The van der Waals surface area contributed by atoms with Crippen molar-refractivity contribution in [3.8, 4) is 44.9 Å². The van der Waals surface area contributed by atoms with Crippen LogP contribution < -0.4 is 14.4 Å². The van der Waals surface area contributed by atoms with Crippen LogP contribution in [0.15, 0.2) is 237 Å². The standard InChI is InChI=1S/C75H52F6N2O2/c1-45-18-23-48(24-19-45)56(49-27-35-54(36-28-49)84-74(76,77)78)14-9-10-47-22-39-60-61-41-40-57(50-25-31-52(32-26-50)82(51-29-20-46(2)21-30-51)53-33-37-55(38-34-53)85-75(79,80)81)69-63-42-43-67-70(72(63)83(71(61)69)68(60)44-47)62-13-5-8-17-66(62)73(67)64-15-6-3-11-58(64)59-12-4-7-16-65(59)73/h3-8,11-13,15-44,56H,9-10,14H2,1-2H3. The number of halogens is 6. The number of anilines is 3. The van der Waals surface area contributed by atoms with Crippen LogP contribution in [-0.2, 0) is 11.8 Å². The molecule has 1 spiro atoms. The summed E-state index contributed by atoms with van der Waals surface area (Å²) in [6, 6.07) is 79.9. The average Bonchev–Trinajstić information content (AvgIpc) is 1.50. The van der Waals surface area contributed by atoms with Gasteiger partial charge in [-0.25, -0.2) is 0 Å². The van der Waals surface area contributed by atoms with Crippen LogP contribution in [0.5, 0.6) is 11.5 Å². The molecule has 0 fully saturated rings. The maximum Gasteiger partial charge on any atom is 0.573 e. The zero-order valence-corrected chi connectivity index (χ0v) is 46.2. The molecule has 0 amide bonds. The van der Waals surface area contributed by atoms with Crippen LogP contribution in [0, 0.1) is 13.8 Å². The first kappa shape index (κ1) is 52.0. The third-order valence-electron chi connectivity index (χ3n) is 17.6. The molecule has 0 radical (unpaired) electrons. The SMILES string of the molecule is Cc1ccc(C(CCCc2ccc3c4ccc(-c5ccc(N(c6ccc(C)cc6)c6ccc(OC(F)(F)F)cc6)cc5)c5c6ccc7c(c6n(c3c2)c45)-c2ccccc2C72c3ccccc3-c3ccccc32)c2ccc(OC(F)(F)F)cc2)cc1.